The first-order valence-electron chi connectivity index (χ1n) is 8.37. The van der Waals surface area contributed by atoms with Crippen molar-refractivity contribution in [2.24, 2.45) is 0 Å². The molecule has 3 aromatic rings. The molecule has 3 heterocycles. The summed E-state index contributed by atoms with van der Waals surface area (Å²) in [6, 6.07) is 12.7. The van der Waals surface area contributed by atoms with E-state index in [1.165, 1.54) is 11.3 Å². The molecule has 0 bridgehead atoms. The zero-order valence-corrected chi connectivity index (χ0v) is 15.7. The minimum absolute atomic E-state index is 0.469. The summed E-state index contributed by atoms with van der Waals surface area (Å²) >= 11 is 7.60. The maximum Gasteiger partial charge on any atom is 0.218 e. The average Bonchev–Trinajstić information content (AvgIpc) is 3.31. The molecule has 0 unspecified atom stereocenters. The van der Waals surface area contributed by atoms with Gasteiger partial charge in [-0.05, 0) is 31.2 Å². The number of anilines is 2. The van der Waals surface area contributed by atoms with Crippen LogP contribution >= 0.6 is 22.9 Å². The Balaban J connectivity index is 1.44. The molecule has 1 saturated heterocycles. The summed E-state index contributed by atoms with van der Waals surface area (Å²) in [4.78, 5) is 4.74. The van der Waals surface area contributed by atoms with Gasteiger partial charge in [-0.3, -0.25) is 4.57 Å². The van der Waals surface area contributed by atoms with Crippen molar-refractivity contribution in [3.8, 4) is 5.13 Å². The van der Waals surface area contributed by atoms with Crippen LogP contribution in [0.4, 0.5) is 10.8 Å². The number of piperazine rings is 1. The zero-order chi connectivity index (χ0) is 17.2. The summed E-state index contributed by atoms with van der Waals surface area (Å²) < 4.78 is 2.01. The van der Waals surface area contributed by atoms with E-state index >= 15 is 0 Å². The van der Waals surface area contributed by atoms with E-state index in [1.54, 1.807) is 11.3 Å². The number of rotatable bonds is 4. The van der Waals surface area contributed by atoms with Gasteiger partial charge in [-0.25, -0.2) is 0 Å². The fourth-order valence-corrected chi connectivity index (χ4v) is 4.19. The van der Waals surface area contributed by atoms with Crippen molar-refractivity contribution in [1.82, 2.24) is 14.8 Å². The minimum Gasteiger partial charge on any atom is -0.368 e. The summed E-state index contributed by atoms with van der Waals surface area (Å²) in [5.41, 5.74) is 3.63. The lowest BCUT2D eigenvalue weighted by atomic mass is 10.2. The second kappa shape index (κ2) is 7.06. The Morgan fingerprint density at radius 3 is 2.36 bits per heavy atom. The quantitative estimate of drug-likeness (QED) is 0.653. The van der Waals surface area contributed by atoms with Crippen LogP contribution in [0.1, 0.15) is 11.3 Å². The van der Waals surface area contributed by atoms with Gasteiger partial charge in [0, 0.05) is 43.8 Å². The molecule has 0 aliphatic carbocycles. The monoisotopic (exact) mass is 373 g/mol. The van der Waals surface area contributed by atoms with Crippen molar-refractivity contribution in [2.75, 3.05) is 36.0 Å². The summed E-state index contributed by atoms with van der Waals surface area (Å²) in [6.07, 6.45) is 1.98. The lowest BCUT2D eigenvalue weighted by Crippen LogP contribution is -2.46. The number of hydrogen-bond donors (Lipinski definition) is 0. The van der Waals surface area contributed by atoms with Gasteiger partial charge in [0.15, 0.2) is 0 Å². The molecule has 25 heavy (non-hydrogen) atoms. The molecule has 2 aromatic heterocycles. The van der Waals surface area contributed by atoms with Gasteiger partial charge >= 0.3 is 0 Å². The average molecular weight is 374 g/mol. The standard InChI is InChI=1S/C18H20ClN5S/c1-14-4-6-15(7-5-14)22-9-11-23(12-10-22)17-20-21-18(25-17)24-8-2-3-16(24)13-19/h2-8H,9-13H2,1H3. The van der Waals surface area contributed by atoms with Crippen molar-refractivity contribution in [2.45, 2.75) is 12.8 Å². The largest absolute Gasteiger partial charge is 0.368 e. The Labute approximate surface area is 156 Å². The molecule has 1 aliphatic heterocycles. The summed E-state index contributed by atoms with van der Waals surface area (Å²) in [7, 11) is 0. The fourth-order valence-electron chi connectivity index (χ4n) is 3.06. The van der Waals surface area contributed by atoms with Gasteiger partial charge in [-0.2, -0.15) is 0 Å². The van der Waals surface area contributed by atoms with Crippen LogP contribution in [-0.4, -0.2) is 40.9 Å². The van der Waals surface area contributed by atoms with E-state index in [-0.39, 0.29) is 0 Å². The number of aryl methyl sites for hydroxylation is 1. The molecule has 5 nitrogen and oxygen atoms in total. The van der Waals surface area contributed by atoms with Crippen molar-refractivity contribution in [3.63, 3.8) is 0 Å². The van der Waals surface area contributed by atoms with Crippen LogP contribution in [-0.2, 0) is 5.88 Å². The highest BCUT2D eigenvalue weighted by atomic mass is 35.5. The summed E-state index contributed by atoms with van der Waals surface area (Å²) in [6.45, 7) is 6.02. The lowest BCUT2D eigenvalue weighted by molar-refractivity contribution is 0.649. The van der Waals surface area contributed by atoms with E-state index in [2.05, 4.69) is 51.2 Å². The Morgan fingerprint density at radius 1 is 0.960 bits per heavy atom. The van der Waals surface area contributed by atoms with Crippen LogP contribution in [0.2, 0.25) is 0 Å². The molecule has 0 amide bonds. The van der Waals surface area contributed by atoms with Crippen LogP contribution in [0.25, 0.3) is 5.13 Å². The highest BCUT2D eigenvalue weighted by Gasteiger charge is 2.21. The van der Waals surface area contributed by atoms with Crippen molar-refractivity contribution in [3.05, 3.63) is 53.9 Å². The first-order chi connectivity index (χ1) is 12.2. The smallest absolute Gasteiger partial charge is 0.218 e. The third kappa shape index (κ3) is 3.37. The summed E-state index contributed by atoms with van der Waals surface area (Å²) in [5, 5.41) is 10.6. The third-order valence-electron chi connectivity index (χ3n) is 4.53. The molecule has 130 valence electrons. The maximum absolute atomic E-state index is 5.98. The lowest BCUT2D eigenvalue weighted by Gasteiger charge is -2.35. The van der Waals surface area contributed by atoms with E-state index in [9.17, 15) is 0 Å². The van der Waals surface area contributed by atoms with Crippen LogP contribution in [0.15, 0.2) is 42.6 Å². The van der Waals surface area contributed by atoms with Crippen LogP contribution < -0.4 is 9.80 Å². The molecule has 0 atom stereocenters. The Bertz CT molecular complexity index is 833. The molecule has 0 N–H and O–H groups in total. The van der Waals surface area contributed by atoms with E-state index < -0.39 is 0 Å². The van der Waals surface area contributed by atoms with Gasteiger partial charge in [0.25, 0.3) is 0 Å². The van der Waals surface area contributed by atoms with Crippen LogP contribution in [0.5, 0.6) is 0 Å². The molecular weight excluding hydrogens is 354 g/mol. The molecule has 1 aromatic carbocycles. The SMILES string of the molecule is Cc1ccc(N2CCN(c3nnc(-n4cccc4CCl)s3)CC2)cc1. The number of alkyl halides is 1. The zero-order valence-electron chi connectivity index (χ0n) is 14.1. The number of hydrogen-bond acceptors (Lipinski definition) is 5. The van der Waals surface area contributed by atoms with Gasteiger partial charge in [-0.15, -0.1) is 21.8 Å². The molecule has 1 fully saturated rings. The fraction of sp³-hybridized carbons (Fsp3) is 0.333. The topological polar surface area (TPSA) is 37.2 Å². The molecule has 0 radical (unpaired) electrons. The molecular formula is C18H20ClN5S. The summed E-state index contributed by atoms with van der Waals surface area (Å²) in [5.74, 6) is 0.469. The predicted octanol–water partition coefficient (Wildman–Crippen LogP) is 3.70. The van der Waals surface area contributed by atoms with Crippen LogP contribution in [0, 0.1) is 6.92 Å². The highest BCUT2D eigenvalue weighted by Crippen LogP contribution is 2.27. The Kier molecular flexibility index (Phi) is 4.63. The molecule has 0 spiro atoms. The van der Waals surface area contributed by atoms with Gasteiger partial charge in [-0.1, -0.05) is 29.0 Å². The number of nitrogens with zero attached hydrogens (tertiary/aromatic N) is 5. The second-order valence-electron chi connectivity index (χ2n) is 6.18. The van der Waals surface area contributed by atoms with Gasteiger partial charge < -0.3 is 9.80 Å². The molecule has 1 aliphatic rings. The van der Waals surface area contributed by atoms with Crippen LogP contribution in [0.3, 0.4) is 0 Å². The van der Waals surface area contributed by atoms with E-state index in [0.29, 0.717) is 5.88 Å². The molecule has 4 rings (SSSR count). The predicted molar refractivity (Wildman–Crippen MR) is 104 cm³/mol. The first-order valence-corrected chi connectivity index (χ1v) is 9.72. The van der Waals surface area contributed by atoms with Crippen molar-refractivity contribution >= 4 is 33.8 Å². The third-order valence-corrected chi connectivity index (χ3v) is 5.79. The van der Waals surface area contributed by atoms with E-state index in [0.717, 1.165) is 42.1 Å². The van der Waals surface area contributed by atoms with E-state index in [4.69, 9.17) is 11.6 Å². The van der Waals surface area contributed by atoms with E-state index in [1.807, 2.05) is 22.9 Å². The van der Waals surface area contributed by atoms with Gasteiger partial charge in [0.05, 0.1) is 5.88 Å². The Morgan fingerprint density at radius 2 is 1.64 bits per heavy atom. The number of aromatic nitrogens is 3. The normalized spacial score (nSPS) is 15.0. The number of benzene rings is 1. The first kappa shape index (κ1) is 16.4. The van der Waals surface area contributed by atoms with Crippen molar-refractivity contribution < 1.29 is 0 Å². The Hall–Kier alpha value is -2.05. The van der Waals surface area contributed by atoms with Gasteiger partial charge in [0.1, 0.15) is 0 Å². The molecule has 7 heteroatoms. The van der Waals surface area contributed by atoms with Gasteiger partial charge in [0.2, 0.25) is 10.3 Å². The van der Waals surface area contributed by atoms with Crippen molar-refractivity contribution in [1.29, 1.82) is 0 Å². The second-order valence-corrected chi connectivity index (χ2v) is 7.38. The molecule has 0 saturated carbocycles. The number of halogens is 1. The highest BCUT2D eigenvalue weighted by molar-refractivity contribution is 7.17. The maximum atomic E-state index is 5.98. The minimum atomic E-state index is 0.469.